The average Bonchev–Trinajstić information content (AvgIpc) is 3.17. The first-order valence-electron chi connectivity index (χ1n) is 9.71. The van der Waals surface area contributed by atoms with Crippen LogP contribution in [0.15, 0.2) is 36.5 Å². The predicted octanol–water partition coefficient (Wildman–Crippen LogP) is 3.84. The van der Waals surface area contributed by atoms with Crippen molar-refractivity contribution >= 4 is 17.3 Å². The normalized spacial score (nSPS) is 41.0. The van der Waals surface area contributed by atoms with Crippen LogP contribution >= 0.6 is 0 Å². The molecule has 0 spiro atoms. The summed E-state index contributed by atoms with van der Waals surface area (Å²) in [4.78, 5) is 32.2. The Labute approximate surface area is 149 Å². The zero-order valence-corrected chi connectivity index (χ0v) is 14.6. The van der Waals surface area contributed by atoms with Crippen LogP contribution in [0.3, 0.4) is 0 Å². The first-order chi connectivity index (χ1) is 12.1. The van der Waals surface area contributed by atoms with Crippen molar-refractivity contribution in [3.63, 3.8) is 0 Å². The lowest BCUT2D eigenvalue weighted by atomic mass is 9.68. The van der Waals surface area contributed by atoms with Crippen molar-refractivity contribution in [2.24, 2.45) is 35.5 Å². The molecule has 0 aromatic heterocycles. The van der Waals surface area contributed by atoms with Crippen LogP contribution in [0, 0.1) is 35.5 Å². The Morgan fingerprint density at radius 3 is 1.84 bits per heavy atom. The van der Waals surface area contributed by atoms with Crippen molar-refractivity contribution in [1.29, 1.82) is 0 Å². The molecule has 0 bridgehead atoms. The van der Waals surface area contributed by atoms with E-state index in [1.165, 1.54) is 0 Å². The molecule has 3 saturated carbocycles. The van der Waals surface area contributed by atoms with E-state index in [1.807, 2.05) is 0 Å². The highest BCUT2D eigenvalue weighted by molar-refractivity contribution is 5.90. The van der Waals surface area contributed by atoms with Gasteiger partial charge in [0.05, 0.1) is 0 Å². The lowest BCUT2D eigenvalue weighted by molar-refractivity contribution is -0.133. The number of Topliss-reactive ketones (excluding diaryl/α,β-unsaturated/α-hetero) is 3. The number of hydrogen-bond donors (Lipinski definition) is 0. The van der Waals surface area contributed by atoms with Gasteiger partial charge in [-0.2, -0.15) is 0 Å². The van der Waals surface area contributed by atoms with Crippen LogP contribution in [0.1, 0.15) is 44.9 Å². The predicted molar refractivity (Wildman–Crippen MR) is 95.7 cm³/mol. The number of hydrogen-bond acceptors (Lipinski definition) is 3. The van der Waals surface area contributed by atoms with Gasteiger partial charge in [0.2, 0.25) is 0 Å². The molecule has 0 saturated heterocycles. The highest BCUT2D eigenvalue weighted by atomic mass is 16.1. The molecule has 6 rings (SSSR count). The van der Waals surface area contributed by atoms with Crippen molar-refractivity contribution in [2.75, 3.05) is 0 Å². The van der Waals surface area contributed by atoms with Crippen molar-refractivity contribution in [3.05, 3.63) is 36.5 Å². The van der Waals surface area contributed by atoms with E-state index in [4.69, 9.17) is 0 Å². The lowest BCUT2D eigenvalue weighted by Crippen LogP contribution is -2.37. The lowest BCUT2D eigenvalue weighted by Gasteiger charge is -2.35. The van der Waals surface area contributed by atoms with Gasteiger partial charge in [-0.3, -0.25) is 14.4 Å². The summed E-state index contributed by atoms with van der Waals surface area (Å²) >= 11 is 0. The quantitative estimate of drug-likeness (QED) is 0.631. The van der Waals surface area contributed by atoms with E-state index in [-0.39, 0.29) is 0 Å². The fraction of sp³-hybridized carbons (Fsp3) is 0.591. The molecule has 6 unspecified atom stereocenters. The maximum absolute atomic E-state index is 10.8. The van der Waals surface area contributed by atoms with E-state index in [9.17, 15) is 14.4 Å². The van der Waals surface area contributed by atoms with Gasteiger partial charge in [0.15, 0.2) is 0 Å². The number of ketones is 3. The maximum Gasteiger partial charge on any atom is 0.140 e. The molecule has 0 aliphatic heterocycles. The molecule has 6 aliphatic carbocycles. The summed E-state index contributed by atoms with van der Waals surface area (Å²) in [6.07, 6.45) is 19.8. The van der Waals surface area contributed by atoms with Crippen LogP contribution in [-0.2, 0) is 14.4 Å². The maximum atomic E-state index is 10.8. The molecule has 3 nitrogen and oxygen atoms in total. The molecule has 0 radical (unpaired) electrons. The summed E-state index contributed by atoms with van der Waals surface area (Å²) in [6.45, 7) is 0. The van der Waals surface area contributed by atoms with Gasteiger partial charge in [-0.05, 0) is 43.4 Å². The van der Waals surface area contributed by atoms with Crippen molar-refractivity contribution < 1.29 is 14.4 Å². The molecule has 25 heavy (non-hydrogen) atoms. The Hall–Kier alpha value is -1.77. The van der Waals surface area contributed by atoms with Crippen molar-refractivity contribution in [2.45, 2.75) is 44.9 Å². The number of carbonyl (C=O) groups is 3. The van der Waals surface area contributed by atoms with E-state index in [1.54, 1.807) is 0 Å². The minimum atomic E-state index is 0.343. The van der Waals surface area contributed by atoms with Crippen LogP contribution in [0.2, 0.25) is 0 Å². The van der Waals surface area contributed by atoms with Crippen molar-refractivity contribution in [1.82, 2.24) is 0 Å². The summed E-state index contributed by atoms with van der Waals surface area (Å²) in [5, 5.41) is 0. The molecule has 0 aromatic carbocycles. The number of allylic oxidation sites excluding steroid dienone is 6. The van der Waals surface area contributed by atoms with Crippen LogP contribution in [0.25, 0.3) is 0 Å². The number of fused-ring (bicyclic) bond motifs is 3. The Kier molecular flexibility index (Phi) is 4.58. The van der Waals surface area contributed by atoms with Crippen LogP contribution in [0.5, 0.6) is 0 Å². The van der Waals surface area contributed by atoms with Gasteiger partial charge >= 0.3 is 0 Å². The second kappa shape index (κ2) is 6.86. The zero-order valence-electron chi connectivity index (χ0n) is 14.6. The molecule has 132 valence electrons. The van der Waals surface area contributed by atoms with E-state index in [0.29, 0.717) is 52.9 Å². The smallest absolute Gasteiger partial charge is 0.140 e. The number of carbonyl (C=O) groups excluding carboxylic acids is 3. The molecule has 0 N–H and O–H groups in total. The SMILES string of the molecule is O=C1CC2C=CCC12.O=C1CC2C=CCCC12.O=C1CC2CC=CC12. The largest absolute Gasteiger partial charge is 0.299 e. The Morgan fingerprint density at radius 2 is 1.36 bits per heavy atom. The fourth-order valence-corrected chi connectivity index (χ4v) is 4.76. The summed E-state index contributed by atoms with van der Waals surface area (Å²) < 4.78 is 0. The average molecular weight is 338 g/mol. The van der Waals surface area contributed by atoms with Gasteiger partial charge in [-0.1, -0.05) is 36.5 Å². The van der Waals surface area contributed by atoms with E-state index < -0.39 is 0 Å². The van der Waals surface area contributed by atoms with Crippen molar-refractivity contribution in [3.8, 4) is 0 Å². The zero-order chi connectivity index (χ0) is 17.4. The van der Waals surface area contributed by atoms with Crippen LogP contribution in [0.4, 0.5) is 0 Å². The first-order valence-corrected chi connectivity index (χ1v) is 9.71. The Balaban J connectivity index is 0.0000000943. The second-order valence-electron chi connectivity index (χ2n) is 8.17. The third-order valence-electron chi connectivity index (χ3n) is 6.66. The van der Waals surface area contributed by atoms with Crippen LogP contribution in [-0.4, -0.2) is 17.3 Å². The minimum Gasteiger partial charge on any atom is -0.299 e. The molecule has 0 aromatic rings. The Morgan fingerprint density at radius 1 is 0.680 bits per heavy atom. The first kappa shape index (κ1) is 16.7. The second-order valence-corrected chi connectivity index (χ2v) is 8.17. The minimum absolute atomic E-state index is 0.343. The monoisotopic (exact) mass is 338 g/mol. The molecular weight excluding hydrogens is 312 g/mol. The fourth-order valence-electron chi connectivity index (χ4n) is 4.76. The van der Waals surface area contributed by atoms with Gasteiger partial charge in [-0.25, -0.2) is 0 Å². The van der Waals surface area contributed by atoms with Gasteiger partial charge in [0.1, 0.15) is 17.3 Å². The molecule has 3 fully saturated rings. The molecular formula is C22H26O3. The molecule has 6 aliphatic rings. The number of rotatable bonds is 0. The summed E-state index contributed by atoms with van der Waals surface area (Å²) in [6, 6.07) is 0. The van der Waals surface area contributed by atoms with E-state index in [2.05, 4.69) is 36.5 Å². The molecule has 0 amide bonds. The van der Waals surface area contributed by atoms with Gasteiger partial charge in [0.25, 0.3) is 0 Å². The topological polar surface area (TPSA) is 51.2 Å². The van der Waals surface area contributed by atoms with E-state index >= 15 is 0 Å². The van der Waals surface area contributed by atoms with E-state index in [0.717, 1.165) is 44.9 Å². The van der Waals surface area contributed by atoms with Gasteiger partial charge in [0, 0.05) is 37.0 Å². The van der Waals surface area contributed by atoms with Gasteiger partial charge < -0.3 is 0 Å². The van der Waals surface area contributed by atoms with Gasteiger partial charge in [-0.15, -0.1) is 0 Å². The summed E-state index contributed by atoms with van der Waals surface area (Å²) in [5.74, 6) is 4.57. The molecule has 3 heteroatoms. The highest BCUT2D eigenvalue weighted by Crippen LogP contribution is 2.40. The standard InChI is InChI=1S/C8H10O.2C7H8O/c9-8-5-6-3-1-2-4-7(6)8;2*8-7-4-5-2-1-3-6(5)7/h1,3,6-7H,2,4-5H2;1,3,5-6H,2,4H2;1-2,5-6H,3-4H2. The summed E-state index contributed by atoms with van der Waals surface area (Å²) in [5.41, 5.74) is 0. The third kappa shape index (κ3) is 3.21. The van der Waals surface area contributed by atoms with Crippen LogP contribution < -0.4 is 0 Å². The summed E-state index contributed by atoms with van der Waals surface area (Å²) in [7, 11) is 0. The Bertz CT molecular complexity index is 669. The molecule has 6 atom stereocenters. The molecule has 0 heterocycles. The highest BCUT2D eigenvalue weighted by Gasteiger charge is 2.40. The third-order valence-corrected chi connectivity index (χ3v) is 6.66.